The van der Waals surface area contributed by atoms with E-state index in [1.807, 2.05) is 25.2 Å². The molecule has 0 fully saturated rings. The number of carbonyl (C=O) groups excluding carboxylic acids is 6. The molecule has 41 heavy (non-hydrogen) atoms. The molecule has 1 aliphatic heterocycles. The second-order valence-corrected chi connectivity index (χ2v) is 10.8. The highest BCUT2D eigenvalue weighted by atomic mass is 16.2. The van der Waals surface area contributed by atoms with Crippen LogP contribution in [0.1, 0.15) is 66.2 Å². The second kappa shape index (κ2) is 17.0. The largest absolute Gasteiger partial charge is 0.347 e. The molecular formula is C29H44N6O6. The molecule has 226 valence electrons. The van der Waals surface area contributed by atoms with Crippen molar-refractivity contribution in [3.63, 3.8) is 0 Å². The number of allylic oxidation sites excluding steroid dienone is 4. The normalized spacial score (nSPS) is 15.9. The van der Waals surface area contributed by atoms with Crippen LogP contribution in [0.3, 0.4) is 0 Å². The highest BCUT2D eigenvalue weighted by Crippen LogP contribution is 2.15. The SMILES string of the molecule is CC1=CC=C(NC(=O)[C@H](C)NC(=O)[C@@H](NC(=O)CNC(=O)CNC(=O)CCCCCN2CC=CC2=O)C(C)C)CC1. The number of rotatable bonds is 16. The van der Waals surface area contributed by atoms with Gasteiger partial charge in [0.1, 0.15) is 12.1 Å². The number of amides is 6. The molecule has 0 saturated carbocycles. The summed E-state index contributed by atoms with van der Waals surface area (Å²) in [7, 11) is 0. The van der Waals surface area contributed by atoms with Crippen LogP contribution in [-0.4, -0.2) is 78.6 Å². The summed E-state index contributed by atoms with van der Waals surface area (Å²) in [6.45, 7) is 7.75. The lowest BCUT2D eigenvalue weighted by Gasteiger charge is -2.24. The molecule has 0 aromatic heterocycles. The van der Waals surface area contributed by atoms with E-state index in [1.165, 1.54) is 5.57 Å². The maximum absolute atomic E-state index is 12.8. The van der Waals surface area contributed by atoms with Crippen molar-refractivity contribution in [2.45, 2.75) is 78.3 Å². The Labute approximate surface area is 241 Å². The van der Waals surface area contributed by atoms with Gasteiger partial charge in [-0.25, -0.2) is 0 Å². The molecule has 0 spiro atoms. The fourth-order valence-electron chi connectivity index (χ4n) is 4.19. The van der Waals surface area contributed by atoms with E-state index in [-0.39, 0.29) is 43.1 Å². The van der Waals surface area contributed by atoms with E-state index in [1.54, 1.807) is 31.7 Å². The third-order valence-electron chi connectivity index (χ3n) is 6.78. The minimum atomic E-state index is -0.909. The van der Waals surface area contributed by atoms with Gasteiger partial charge in [-0.3, -0.25) is 28.8 Å². The summed E-state index contributed by atoms with van der Waals surface area (Å²) in [6.07, 6.45) is 11.2. The minimum absolute atomic E-state index is 0.0144. The molecule has 2 aliphatic rings. The Balaban J connectivity index is 1.63. The Hall–Kier alpha value is -3.96. The summed E-state index contributed by atoms with van der Waals surface area (Å²) in [5.74, 6) is -2.50. The van der Waals surface area contributed by atoms with Crippen molar-refractivity contribution in [3.05, 3.63) is 35.6 Å². The molecule has 12 heteroatoms. The van der Waals surface area contributed by atoms with Gasteiger partial charge in [-0.15, -0.1) is 0 Å². The van der Waals surface area contributed by atoms with Gasteiger partial charge in [-0.2, -0.15) is 0 Å². The molecule has 1 heterocycles. The molecule has 0 radical (unpaired) electrons. The number of carbonyl (C=O) groups is 6. The monoisotopic (exact) mass is 572 g/mol. The Morgan fingerprint density at radius 1 is 0.854 bits per heavy atom. The average molecular weight is 573 g/mol. The summed E-state index contributed by atoms with van der Waals surface area (Å²) in [6, 6.07) is -1.72. The van der Waals surface area contributed by atoms with E-state index in [4.69, 9.17) is 0 Å². The van der Waals surface area contributed by atoms with Crippen molar-refractivity contribution >= 4 is 35.4 Å². The van der Waals surface area contributed by atoms with E-state index >= 15 is 0 Å². The van der Waals surface area contributed by atoms with Gasteiger partial charge < -0.3 is 31.5 Å². The molecule has 5 N–H and O–H groups in total. The topological polar surface area (TPSA) is 166 Å². The van der Waals surface area contributed by atoms with Crippen molar-refractivity contribution in [2.24, 2.45) is 5.92 Å². The minimum Gasteiger partial charge on any atom is -0.347 e. The van der Waals surface area contributed by atoms with Gasteiger partial charge in [0.05, 0.1) is 13.1 Å². The number of hydrogen-bond acceptors (Lipinski definition) is 6. The van der Waals surface area contributed by atoms with Gasteiger partial charge in [-0.05, 0) is 51.5 Å². The number of unbranched alkanes of at least 4 members (excludes halogenated alkanes) is 2. The smallest absolute Gasteiger partial charge is 0.246 e. The Bertz CT molecular complexity index is 1080. The third-order valence-corrected chi connectivity index (χ3v) is 6.78. The lowest BCUT2D eigenvalue weighted by Crippen LogP contribution is -2.55. The van der Waals surface area contributed by atoms with Crippen molar-refractivity contribution in [2.75, 3.05) is 26.2 Å². The molecule has 2 rings (SSSR count). The molecule has 1 aliphatic carbocycles. The number of nitrogens with one attached hydrogen (secondary N) is 5. The summed E-state index contributed by atoms with van der Waals surface area (Å²) < 4.78 is 0. The number of hydrogen-bond donors (Lipinski definition) is 5. The lowest BCUT2D eigenvalue weighted by atomic mass is 10.0. The van der Waals surface area contributed by atoms with Gasteiger partial charge in [0, 0.05) is 31.3 Å². The zero-order chi connectivity index (χ0) is 30.4. The summed E-state index contributed by atoms with van der Waals surface area (Å²) in [4.78, 5) is 75.1. The predicted octanol–water partition coefficient (Wildman–Crippen LogP) is 0.563. The molecule has 0 saturated heterocycles. The average Bonchev–Trinajstić information content (AvgIpc) is 3.34. The predicted molar refractivity (Wildman–Crippen MR) is 154 cm³/mol. The maximum Gasteiger partial charge on any atom is 0.246 e. The molecule has 6 amide bonds. The molecule has 2 atom stereocenters. The first kappa shape index (κ1) is 33.2. The lowest BCUT2D eigenvalue weighted by molar-refractivity contribution is -0.133. The van der Waals surface area contributed by atoms with Crippen molar-refractivity contribution < 1.29 is 28.8 Å². The van der Waals surface area contributed by atoms with Crippen LogP contribution in [0.2, 0.25) is 0 Å². The highest BCUT2D eigenvalue weighted by molar-refractivity contribution is 5.94. The molecule has 0 aromatic carbocycles. The van der Waals surface area contributed by atoms with Crippen LogP contribution in [0.4, 0.5) is 0 Å². The van der Waals surface area contributed by atoms with Gasteiger partial charge in [0.2, 0.25) is 35.4 Å². The third kappa shape index (κ3) is 12.4. The molecule has 12 nitrogen and oxygen atoms in total. The van der Waals surface area contributed by atoms with Crippen LogP contribution in [0.15, 0.2) is 35.6 Å². The van der Waals surface area contributed by atoms with Crippen LogP contribution in [0.5, 0.6) is 0 Å². The first-order valence-electron chi connectivity index (χ1n) is 14.2. The van der Waals surface area contributed by atoms with E-state index in [0.717, 1.165) is 31.4 Å². The van der Waals surface area contributed by atoms with Gasteiger partial charge in [0.15, 0.2) is 0 Å². The van der Waals surface area contributed by atoms with Crippen LogP contribution in [-0.2, 0) is 28.8 Å². The standard InChI is InChI=1S/C29H44N6O6/c1-19(2)27(29(41)32-21(4)28(40)33-22-13-11-20(3)12-14-22)34-25(38)18-31-24(37)17-30-23(36)9-6-5-7-15-35-16-8-10-26(35)39/h8,10-11,13,19,21,27H,5-7,9,12,14-18H2,1-4H3,(H,30,36)(H,31,37)(H,32,41)(H,33,40)(H,34,38)/t21-,27-/m0/s1. The van der Waals surface area contributed by atoms with Crippen molar-refractivity contribution in [3.8, 4) is 0 Å². The van der Waals surface area contributed by atoms with Crippen LogP contribution in [0, 0.1) is 5.92 Å². The van der Waals surface area contributed by atoms with Gasteiger partial charge >= 0.3 is 0 Å². The Morgan fingerprint density at radius 3 is 2.20 bits per heavy atom. The van der Waals surface area contributed by atoms with Gasteiger partial charge in [0.25, 0.3) is 0 Å². The van der Waals surface area contributed by atoms with Crippen molar-refractivity contribution in [1.29, 1.82) is 0 Å². The van der Waals surface area contributed by atoms with Gasteiger partial charge in [-0.1, -0.05) is 38.0 Å². The maximum atomic E-state index is 12.8. The van der Waals surface area contributed by atoms with E-state index in [0.29, 0.717) is 19.5 Å². The number of nitrogens with zero attached hydrogens (tertiary/aromatic N) is 1. The van der Waals surface area contributed by atoms with E-state index < -0.39 is 29.8 Å². The summed E-state index contributed by atoms with van der Waals surface area (Å²) in [5, 5.41) is 13.0. The molecule has 0 aromatic rings. The van der Waals surface area contributed by atoms with Crippen LogP contribution >= 0.6 is 0 Å². The zero-order valence-electron chi connectivity index (χ0n) is 24.5. The molecule has 0 bridgehead atoms. The first-order valence-corrected chi connectivity index (χ1v) is 14.2. The Morgan fingerprint density at radius 2 is 1.56 bits per heavy atom. The summed E-state index contributed by atoms with van der Waals surface area (Å²) in [5.41, 5.74) is 2.02. The van der Waals surface area contributed by atoms with E-state index in [2.05, 4.69) is 26.6 Å². The van der Waals surface area contributed by atoms with E-state index in [9.17, 15) is 28.8 Å². The van der Waals surface area contributed by atoms with Crippen LogP contribution < -0.4 is 26.6 Å². The molecular weight excluding hydrogens is 528 g/mol. The van der Waals surface area contributed by atoms with Crippen molar-refractivity contribution in [1.82, 2.24) is 31.5 Å². The fourth-order valence-corrected chi connectivity index (χ4v) is 4.19. The first-order chi connectivity index (χ1) is 19.5. The zero-order valence-corrected chi connectivity index (χ0v) is 24.5. The highest BCUT2D eigenvalue weighted by Gasteiger charge is 2.27. The Kier molecular flexibility index (Phi) is 13.8. The molecule has 0 unspecified atom stereocenters. The quantitative estimate of drug-likeness (QED) is 0.170. The summed E-state index contributed by atoms with van der Waals surface area (Å²) >= 11 is 0. The van der Waals surface area contributed by atoms with Crippen LogP contribution in [0.25, 0.3) is 0 Å². The fraction of sp³-hybridized carbons (Fsp3) is 0.586. The second-order valence-electron chi connectivity index (χ2n) is 10.8.